The van der Waals surface area contributed by atoms with Crippen LogP contribution in [0, 0.1) is 5.92 Å². The summed E-state index contributed by atoms with van der Waals surface area (Å²) in [6, 6.07) is 0. The van der Waals surface area contributed by atoms with Crippen LogP contribution in [0.1, 0.15) is 124 Å². The van der Waals surface area contributed by atoms with Crippen LogP contribution in [0.15, 0.2) is 0 Å². The molecule has 2 atom stereocenters. The Morgan fingerprint density at radius 2 is 1.35 bits per heavy atom. The average molecular weight is 454 g/mol. The number of hydrogen-bond acceptors (Lipinski definition) is 4. The number of amides is 2. The fourth-order valence-electron chi connectivity index (χ4n) is 4.24. The van der Waals surface area contributed by atoms with Crippen LogP contribution in [-0.2, 0) is 14.4 Å². The number of likely N-dealkylation sites (tertiary alicyclic amines) is 1. The summed E-state index contributed by atoms with van der Waals surface area (Å²) in [5, 5.41) is -0.285. The number of rotatable bonds is 20. The molecule has 1 saturated heterocycles. The highest BCUT2D eigenvalue weighted by Gasteiger charge is 2.38. The van der Waals surface area contributed by atoms with Crippen molar-refractivity contribution in [3.63, 3.8) is 0 Å². The van der Waals surface area contributed by atoms with Gasteiger partial charge in [0, 0.05) is 24.6 Å². The average Bonchev–Trinajstić information content (AvgIpc) is 3.01. The van der Waals surface area contributed by atoms with Gasteiger partial charge < -0.3 is 0 Å². The molecule has 0 spiro atoms. The fourth-order valence-corrected chi connectivity index (χ4v) is 5.70. The molecule has 0 bridgehead atoms. The minimum atomic E-state index is -0.285. The van der Waals surface area contributed by atoms with Gasteiger partial charge in [-0.25, -0.2) is 0 Å². The summed E-state index contributed by atoms with van der Waals surface area (Å²) < 4.78 is 0. The number of nitrogens with zero attached hydrogens (tertiary/aromatic N) is 1. The molecule has 1 heterocycles. The van der Waals surface area contributed by atoms with Crippen LogP contribution in [0.2, 0.25) is 0 Å². The summed E-state index contributed by atoms with van der Waals surface area (Å²) in [7, 11) is 0. The first-order valence-corrected chi connectivity index (χ1v) is 14.0. The molecule has 0 aliphatic carbocycles. The molecule has 0 N–H and O–H groups in total. The third-order valence-electron chi connectivity index (χ3n) is 6.50. The molecule has 31 heavy (non-hydrogen) atoms. The number of imide groups is 1. The lowest BCUT2D eigenvalue weighted by atomic mass is 10.0. The molecular weight excluding hydrogens is 406 g/mol. The zero-order valence-corrected chi connectivity index (χ0v) is 21.3. The van der Waals surface area contributed by atoms with Crippen LogP contribution in [0.4, 0.5) is 0 Å². The maximum Gasteiger partial charge on any atom is 0.242 e. The van der Waals surface area contributed by atoms with Crippen LogP contribution < -0.4 is 0 Å². The van der Waals surface area contributed by atoms with Gasteiger partial charge in [0.15, 0.2) is 0 Å². The van der Waals surface area contributed by atoms with Crippen molar-refractivity contribution in [2.24, 2.45) is 5.92 Å². The SMILES string of the molecule is CCCCCCCCCCCCCCCCN1C(=O)CC(SC[C@H](CC)C(C)=O)C1=O. The summed E-state index contributed by atoms with van der Waals surface area (Å²) in [5.41, 5.74) is 0. The van der Waals surface area contributed by atoms with Crippen LogP contribution in [0.5, 0.6) is 0 Å². The molecule has 1 fully saturated rings. The van der Waals surface area contributed by atoms with Crippen molar-refractivity contribution in [1.82, 2.24) is 4.90 Å². The van der Waals surface area contributed by atoms with Gasteiger partial charge >= 0.3 is 0 Å². The number of Topliss-reactive ketones (excluding diaryl/α,β-unsaturated/α-hetero) is 1. The molecule has 1 aliphatic heterocycles. The molecule has 0 saturated carbocycles. The van der Waals surface area contributed by atoms with Crippen molar-refractivity contribution in [2.45, 2.75) is 129 Å². The van der Waals surface area contributed by atoms with Gasteiger partial charge in [-0.3, -0.25) is 19.3 Å². The van der Waals surface area contributed by atoms with E-state index in [4.69, 9.17) is 0 Å². The second-order valence-electron chi connectivity index (χ2n) is 9.22. The standard InChI is InChI=1S/C26H47NO3S/c1-4-6-7-8-9-10-11-12-13-14-15-16-17-18-19-27-25(29)20-24(26(27)30)31-21-23(5-2)22(3)28/h23-24H,4-21H2,1-3H3/t23-,24?/m0/s1. The molecule has 1 unspecified atom stereocenters. The van der Waals surface area contributed by atoms with Gasteiger partial charge in [0.25, 0.3) is 0 Å². The van der Waals surface area contributed by atoms with Gasteiger partial charge in [-0.15, -0.1) is 11.8 Å². The third kappa shape index (κ3) is 12.1. The Balaban J connectivity index is 2.02. The van der Waals surface area contributed by atoms with Crippen LogP contribution >= 0.6 is 11.8 Å². The lowest BCUT2D eigenvalue weighted by Crippen LogP contribution is -2.32. The van der Waals surface area contributed by atoms with Gasteiger partial charge in [-0.05, 0) is 19.8 Å². The Kier molecular flexibility index (Phi) is 16.1. The number of ketones is 1. The number of hydrogen-bond donors (Lipinski definition) is 0. The predicted octanol–water partition coefficient (Wildman–Crippen LogP) is 6.94. The van der Waals surface area contributed by atoms with E-state index in [0.29, 0.717) is 18.7 Å². The molecule has 1 aliphatic rings. The number of carbonyl (C=O) groups is 3. The maximum absolute atomic E-state index is 12.6. The Hall–Kier alpha value is -0.840. The number of thioether (sulfide) groups is 1. The zero-order chi connectivity index (χ0) is 22.9. The van der Waals surface area contributed by atoms with E-state index in [1.807, 2.05) is 6.92 Å². The van der Waals surface area contributed by atoms with E-state index in [2.05, 4.69) is 6.92 Å². The molecule has 0 aromatic carbocycles. The van der Waals surface area contributed by atoms with E-state index in [9.17, 15) is 14.4 Å². The van der Waals surface area contributed by atoms with Gasteiger partial charge in [-0.1, -0.05) is 97.3 Å². The first-order valence-electron chi connectivity index (χ1n) is 13.0. The van der Waals surface area contributed by atoms with E-state index in [1.165, 1.54) is 93.7 Å². The van der Waals surface area contributed by atoms with Crippen molar-refractivity contribution in [3.05, 3.63) is 0 Å². The largest absolute Gasteiger partial charge is 0.300 e. The van der Waals surface area contributed by atoms with Gasteiger partial charge in [0.2, 0.25) is 11.8 Å². The Labute approximate surface area is 195 Å². The second-order valence-corrected chi connectivity index (χ2v) is 10.5. The fraction of sp³-hybridized carbons (Fsp3) is 0.885. The molecule has 0 aromatic rings. The third-order valence-corrected chi connectivity index (χ3v) is 7.87. The summed E-state index contributed by atoms with van der Waals surface area (Å²) in [6.07, 6.45) is 19.3. The molecule has 2 amide bonds. The molecule has 5 heteroatoms. The quantitative estimate of drug-likeness (QED) is 0.148. The van der Waals surface area contributed by atoms with E-state index < -0.39 is 0 Å². The lowest BCUT2D eigenvalue weighted by molar-refractivity contribution is -0.138. The summed E-state index contributed by atoms with van der Waals surface area (Å²) >= 11 is 1.49. The van der Waals surface area contributed by atoms with Crippen molar-refractivity contribution in [3.8, 4) is 0 Å². The number of carbonyl (C=O) groups excluding carboxylic acids is 3. The van der Waals surface area contributed by atoms with Gasteiger partial charge in [0.05, 0.1) is 5.25 Å². The maximum atomic E-state index is 12.6. The predicted molar refractivity (Wildman–Crippen MR) is 132 cm³/mol. The Morgan fingerprint density at radius 3 is 1.81 bits per heavy atom. The van der Waals surface area contributed by atoms with Crippen LogP contribution in [-0.4, -0.2) is 40.0 Å². The summed E-state index contributed by atoms with van der Waals surface area (Å²) in [5.74, 6) is 0.734. The second kappa shape index (κ2) is 17.7. The van der Waals surface area contributed by atoms with E-state index >= 15 is 0 Å². The van der Waals surface area contributed by atoms with Gasteiger partial charge in [0.1, 0.15) is 5.78 Å². The van der Waals surface area contributed by atoms with Crippen LogP contribution in [0.25, 0.3) is 0 Å². The van der Waals surface area contributed by atoms with Crippen LogP contribution in [0.3, 0.4) is 0 Å². The molecular formula is C26H47NO3S. The monoisotopic (exact) mass is 453 g/mol. The summed E-state index contributed by atoms with van der Waals surface area (Å²) in [4.78, 5) is 37.8. The summed E-state index contributed by atoms with van der Waals surface area (Å²) in [6.45, 7) is 6.44. The van der Waals surface area contributed by atoms with E-state index in [0.717, 1.165) is 19.3 Å². The normalized spacial score (nSPS) is 17.5. The topological polar surface area (TPSA) is 54.5 Å². The molecule has 1 rings (SSSR count). The first kappa shape index (κ1) is 28.2. The minimum Gasteiger partial charge on any atom is -0.300 e. The van der Waals surface area contributed by atoms with Crippen molar-refractivity contribution in [1.29, 1.82) is 0 Å². The van der Waals surface area contributed by atoms with Crippen molar-refractivity contribution < 1.29 is 14.4 Å². The molecule has 0 radical (unpaired) electrons. The van der Waals surface area contributed by atoms with Crippen molar-refractivity contribution >= 4 is 29.4 Å². The smallest absolute Gasteiger partial charge is 0.242 e. The molecule has 4 nitrogen and oxygen atoms in total. The van der Waals surface area contributed by atoms with Gasteiger partial charge in [-0.2, -0.15) is 0 Å². The van der Waals surface area contributed by atoms with E-state index in [1.54, 1.807) is 6.92 Å². The van der Waals surface area contributed by atoms with Crippen molar-refractivity contribution in [2.75, 3.05) is 12.3 Å². The minimum absolute atomic E-state index is 0.00672. The molecule has 180 valence electrons. The Bertz CT molecular complexity index is 523. The highest BCUT2D eigenvalue weighted by molar-refractivity contribution is 8.00. The first-order chi connectivity index (χ1) is 15.0. The highest BCUT2D eigenvalue weighted by atomic mass is 32.2. The Morgan fingerprint density at radius 1 is 0.871 bits per heavy atom. The lowest BCUT2D eigenvalue weighted by Gasteiger charge is -2.16. The molecule has 0 aromatic heterocycles. The van der Waals surface area contributed by atoms with E-state index in [-0.39, 0.29) is 28.8 Å². The zero-order valence-electron chi connectivity index (χ0n) is 20.5. The number of unbranched alkanes of at least 4 members (excludes halogenated alkanes) is 13. The highest BCUT2D eigenvalue weighted by Crippen LogP contribution is 2.28.